The molecular weight excluding hydrogens is 334 g/mol. The van der Waals surface area contributed by atoms with Gasteiger partial charge in [-0.15, -0.1) is 0 Å². The third kappa shape index (κ3) is 3.15. The van der Waals surface area contributed by atoms with Gasteiger partial charge >= 0.3 is 5.95 Å². The van der Waals surface area contributed by atoms with E-state index < -0.39 is 5.91 Å². The van der Waals surface area contributed by atoms with Gasteiger partial charge in [0.15, 0.2) is 11.5 Å². The second-order valence-corrected chi connectivity index (χ2v) is 6.50. The van der Waals surface area contributed by atoms with Crippen LogP contribution in [0.5, 0.6) is 11.5 Å². The molecule has 26 heavy (non-hydrogen) atoms. The lowest BCUT2D eigenvalue weighted by molar-refractivity contribution is -0.368. The summed E-state index contributed by atoms with van der Waals surface area (Å²) >= 11 is 0. The van der Waals surface area contributed by atoms with Crippen molar-refractivity contribution in [1.29, 1.82) is 0 Å². The third-order valence-corrected chi connectivity index (χ3v) is 5.01. The number of carbonyl (C=O) groups excluding carboxylic acids is 1. The molecule has 2 aliphatic heterocycles. The fourth-order valence-corrected chi connectivity index (χ4v) is 3.36. The number of fused-ring (bicyclic) bond motifs is 1. The summed E-state index contributed by atoms with van der Waals surface area (Å²) in [7, 11) is 0. The zero-order chi connectivity index (χ0) is 18.1. The summed E-state index contributed by atoms with van der Waals surface area (Å²) < 4.78 is 10.9. The van der Waals surface area contributed by atoms with E-state index in [4.69, 9.17) is 15.2 Å². The minimum absolute atomic E-state index is 0.292. The van der Waals surface area contributed by atoms with E-state index in [9.17, 15) is 4.79 Å². The van der Waals surface area contributed by atoms with Crippen molar-refractivity contribution in [3.63, 3.8) is 0 Å². The highest BCUT2D eigenvalue weighted by Crippen LogP contribution is 2.35. The zero-order valence-electron chi connectivity index (χ0n) is 14.6. The van der Waals surface area contributed by atoms with Crippen LogP contribution in [0.4, 0.5) is 5.95 Å². The number of amides is 1. The smallest absolute Gasteiger partial charge is 0.391 e. The summed E-state index contributed by atoms with van der Waals surface area (Å²) in [4.78, 5) is 23.1. The molecule has 1 aromatic carbocycles. The lowest BCUT2D eigenvalue weighted by atomic mass is 10.1. The second-order valence-electron chi connectivity index (χ2n) is 6.50. The number of nitrogens with one attached hydrogen (secondary N) is 1. The fourth-order valence-electron chi connectivity index (χ4n) is 3.36. The Kier molecular flexibility index (Phi) is 4.34. The van der Waals surface area contributed by atoms with Crippen LogP contribution >= 0.6 is 0 Å². The van der Waals surface area contributed by atoms with E-state index in [1.807, 2.05) is 6.07 Å². The molecule has 8 nitrogen and oxygen atoms in total. The topological polar surface area (TPSA) is 95.1 Å². The maximum Gasteiger partial charge on any atom is 0.391 e. The molecule has 136 valence electrons. The predicted octanol–water partition coefficient (Wildman–Crippen LogP) is 0.607. The van der Waals surface area contributed by atoms with Gasteiger partial charge < -0.3 is 15.2 Å². The highest BCUT2D eigenvalue weighted by molar-refractivity contribution is 5.91. The number of H-pyrrole nitrogens is 1. The van der Waals surface area contributed by atoms with E-state index in [0.29, 0.717) is 18.4 Å². The second kappa shape index (κ2) is 6.80. The first-order chi connectivity index (χ1) is 12.6. The van der Waals surface area contributed by atoms with Gasteiger partial charge in [-0.25, -0.2) is 4.98 Å². The van der Waals surface area contributed by atoms with Crippen molar-refractivity contribution >= 4 is 11.9 Å². The summed E-state index contributed by atoms with van der Waals surface area (Å²) in [5.41, 5.74) is 6.85. The molecule has 3 N–H and O–H groups in total. The number of ether oxygens (including phenoxy) is 2. The number of primary amides is 1. The van der Waals surface area contributed by atoms with E-state index in [2.05, 4.69) is 38.8 Å². The number of piperazine rings is 1. The predicted molar refractivity (Wildman–Crippen MR) is 94.1 cm³/mol. The summed E-state index contributed by atoms with van der Waals surface area (Å²) in [5, 5.41) is 0. The molecular formula is C18H22N5O3+. The van der Waals surface area contributed by atoms with Crippen LogP contribution in [0.3, 0.4) is 0 Å². The maximum absolute atomic E-state index is 11.1. The Hall–Kier alpha value is -2.87. The molecule has 0 saturated carbocycles. The standard InChI is InChI=1S/C18H21N5O3/c1-12(13-2-3-15-16(8-13)26-11-25-15)22-4-6-23(7-5-22)18-20-9-14(10-21-18)17(19)24/h2-3,8-10,12H,4-7,11H2,1H3,(H2,19,24)/p+1/t12-/m0/s1. The van der Waals surface area contributed by atoms with Crippen LogP contribution in [0.2, 0.25) is 0 Å². The van der Waals surface area contributed by atoms with Crippen LogP contribution in [-0.4, -0.2) is 48.8 Å². The monoisotopic (exact) mass is 356 g/mol. The molecule has 1 saturated heterocycles. The SMILES string of the molecule is C[C@@H](c1ccc2c(c1)OCO2)N1CCN(c2ncc(C(N)=O)c[nH+]2)CC1. The molecule has 1 atom stereocenters. The Labute approximate surface area is 151 Å². The number of rotatable bonds is 4. The molecule has 0 radical (unpaired) electrons. The minimum atomic E-state index is -0.484. The number of aromatic amines is 1. The molecule has 0 spiro atoms. The largest absolute Gasteiger partial charge is 0.454 e. The van der Waals surface area contributed by atoms with Gasteiger partial charge in [-0.3, -0.25) is 14.6 Å². The highest BCUT2D eigenvalue weighted by atomic mass is 16.7. The first-order valence-corrected chi connectivity index (χ1v) is 8.68. The number of hydrogen-bond acceptors (Lipinski definition) is 6. The van der Waals surface area contributed by atoms with Gasteiger partial charge in [0.1, 0.15) is 11.8 Å². The van der Waals surface area contributed by atoms with Crippen molar-refractivity contribution < 1.29 is 19.3 Å². The van der Waals surface area contributed by atoms with Gasteiger partial charge in [-0.1, -0.05) is 11.1 Å². The molecule has 0 bridgehead atoms. The molecule has 3 heterocycles. The van der Waals surface area contributed by atoms with Crippen LogP contribution in [-0.2, 0) is 0 Å². The van der Waals surface area contributed by atoms with Crippen LogP contribution in [0.25, 0.3) is 0 Å². The molecule has 0 unspecified atom stereocenters. The number of nitrogens with zero attached hydrogens (tertiary/aromatic N) is 3. The number of anilines is 1. The van der Waals surface area contributed by atoms with E-state index >= 15 is 0 Å². The van der Waals surface area contributed by atoms with Crippen molar-refractivity contribution in [1.82, 2.24) is 9.88 Å². The van der Waals surface area contributed by atoms with E-state index in [1.165, 1.54) is 11.8 Å². The van der Waals surface area contributed by atoms with Gasteiger partial charge in [-0.05, 0) is 24.6 Å². The summed E-state index contributed by atoms with van der Waals surface area (Å²) in [6.45, 7) is 6.05. The average molecular weight is 356 g/mol. The van der Waals surface area contributed by atoms with E-state index in [0.717, 1.165) is 43.6 Å². The maximum atomic E-state index is 11.1. The summed E-state index contributed by atoms with van der Waals surface area (Å²) in [5.74, 6) is 1.90. The Morgan fingerprint density at radius 2 is 2.00 bits per heavy atom. The molecule has 4 rings (SSSR count). The zero-order valence-corrected chi connectivity index (χ0v) is 14.6. The first-order valence-electron chi connectivity index (χ1n) is 8.68. The molecule has 0 aliphatic carbocycles. The van der Waals surface area contributed by atoms with Crippen molar-refractivity contribution in [2.75, 3.05) is 37.9 Å². The van der Waals surface area contributed by atoms with Crippen LogP contribution in [0.15, 0.2) is 30.6 Å². The normalized spacial score (nSPS) is 18.0. The van der Waals surface area contributed by atoms with Crippen molar-refractivity contribution in [3.8, 4) is 11.5 Å². The van der Waals surface area contributed by atoms with Crippen LogP contribution in [0, 0.1) is 0 Å². The lowest BCUT2D eigenvalue weighted by Gasteiger charge is -2.35. The first kappa shape index (κ1) is 16.6. The number of benzene rings is 1. The fraction of sp³-hybridized carbons (Fsp3) is 0.389. The Morgan fingerprint density at radius 3 is 2.69 bits per heavy atom. The van der Waals surface area contributed by atoms with Gasteiger partial charge in [0.2, 0.25) is 6.79 Å². The molecule has 2 aliphatic rings. The van der Waals surface area contributed by atoms with Crippen molar-refractivity contribution in [2.45, 2.75) is 13.0 Å². The van der Waals surface area contributed by atoms with Gasteiger partial charge in [0.05, 0.1) is 19.3 Å². The molecule has 1 amide bonds. The highest BCUT2D eigenvalue weighted by Gasteiger charge is 2.28. The minimum Gasteiger partial charge on any atom is -0.454 e. The van der Waals surface area contributed by atoms with Crippen LogP contribution in [0.1, 0.15) is 28.9 Å². The van der Waals surface area contributed by atoms with Crippen molar-refractivity contribution in [2.24, 2.45) is 5.73 Å². The van der Waals surface area contributed by atoms with Crippen molar-refractivity contribution in [3.05, 3.63) is 41.7 Å². The number of nitrogens with two attached hydrogens (primary N) is 1. The molecule has 2 aromatic rings. The molecule has 8 heteroatoms. The lowest BCUT2D eigenvalue weighted by Crippen LogP contribution is -2.49. The van der Waals surface area contributed by atoms with Gasteiger partial charge in [0.25, 0.3) is 5.91 Å². The van der Waals surface area contributed by atoms with Crippen LogP contribution < -0.4 is 25.1 Å². The molecule has 1 fully saturated rings. The quantitative estimate of drug-likeness (QED) is 0.862. The molecule has 1 aromatic heterocycles. The summed E-state index contributed by atoms with van der Waals surface area (Å²) in [6, 6.07) is 6.43. The Bertz CT molecular complexity index is 803. The van der Waals surface area contributed by atoms with E-state index in [-0.39, 0.29) is 0 Å². The Balaban J connectivity index is 1.39. The number of aromatic nitrogens is 2. The van der Waals surface area contributed by atoms with Gasteiger partial charge in [0, 0.05) is 19.1 Å². The van der Waals surface area contributed by atoms with E-state index in [1.54, 1.807) is 6.20 Å². The van der Waals surface area contributed by atoms with Gasteiger partial charge in [-0.2, -0.15) is 0 Å². The average Bonchev–Trinajstić information content (AvgIpc) is 3.15. The number of hydrogen-bond donors (Lipinski definition) is 1. The number of carbonyl (C=O) groups is 1. The third-order valence-electron chi connectivity index (χ3n) is 5.01. The summed E-state index contributed by atoms with van der Waals surface area (Å²) in [6.07, 6.45) is 3.11. The Morgan fingerprint density at radius 1 is 1.23 bits per heavy atom.